The van der Waals surface area contributed by atoms with Gasteiger partial charge in [0.25, 0.3) is 0 Å². The standard InChI is InChI=1S/C16H19FN2O/c1-3-19(14-7-5-13(17)6-8-14)11-12-4-9-16(20-2)15(18)10-12/h4-10H,3,11,18H2,1-2H3. The first-order valence-electron chi connectivity index (χ1n) is 6.57. The minimum Gasteiger partial charge on any atom is -0.495 e. The molecule has 0 atom stereocenters. The number of hydrogen-bond donors (Lipinski definition) is 1. The molecule has 0 aliphatic rings. The minimum atomic E-state index is -0.224. The molecule has 0 heterocycles. The fourth-order valence-electron chi connectivity index (χ4n) is 2.14. The summed E-state index contributed by atoms with van der Waals surface area (Å²) in [7, 11) is 1.60. The van der Waals surface area contributed by atoms with Gasteiger partial charge in [0.05, 0.1) is 12.8 Å². The molecule has 3 nitrogen and oxygen atoms in total. The molecule has 4 heteroatoms. The molecule has 0 amide bonds. The Bertz CT molecular complexity index is 569. The molecule has 2 rings (SSSR count). The lowest BCUT2D eigenvalue weighted by atomic mass is 10.1. The maximum Gasteiger partial charge on any atom is 0.141 e. The highest BCUT2D eigenvalue weighted by atomic mass is 19.1. The fourth-order valence-corrected chi connectivity index (χ4v) is 2.14. The molecular weight excluding hydrogens is 255 g/mol. The van der Waals surface area contributed by atoms with Crippen LogP contribution in [0.15, 0.2) is 42.5 Å². The van der Waals surface area contributed by atoms with Crippen molar-refractivity contribution in [3.8, 4) is 5.75 Å². The Morgan fingerprint density at radius 2 is 1.85 bits per heavy atom. The van der Waals surface area contributed by atoms with E-state index >= 15 is 0 Å². The molecule has 20 heavy (non-hydrogen) atoms. The van der Waals surface area contributed by atoms with Gasteiger partial charge in [0.15, 0.2) is 0 Å². The number of nitrogens with zero attached hydrogens (tertiary/aromatic N) is 1. The van der Waals surface area contributed by atoms with Gasteiger partial charge in [-0.3, -0.25) is 0 Å². The van der Waals surface area contributed by atoms with Gasteiger partial charge in [-0.25, -0.2) is 4.39 Å². The summed E-state index contributed by atoms with van der Waals surface area (Å²) in [6.45, 7) is 3.62. The highest BCUT2D eigenvalue weighted by Crippen LogP contribution is 2.24. The predicted octanol–water partition coefficient (Wildman–Crippen LogP) is 3.44. The summed E-state index contributed by atoms with van der Waals surface area (Å²) >= 11 is 0. The first-order valence-corrected chi connectivity index (χ1v) is 6.57. The van der Waals surface area contributed by atoms with Gasteiger partial charge < -0.3 is 15.4 Å². The van der Waals surface area contributed by atoms with Crippen molar-refractivity contribution in [1.29, 1.82) is 0 Å². The number of hydrogen-bond acceptors (Lipinski definition) is 3. The van der Waals surface area contributed by atoms with Crippen molar-refractivity contribution in [3.63, 3.8) is 0 Å². The molecule has 0 aromatic heterocycles. The molecule has 0 saturated heterocycles. The van der Waals surface area contributed by atoms with E-state index < -0.39 is 0 Å². The predicted molar refractivity (Wildman–Crippen MR) is 80.5 cm³/mol. The maximum atomic E-state index is 13.0. The smallest absolute Gasteiger partial charge is 0.141 e. The van der Waals surface area contributed by atoms with Gasteiger partial charge in [-0.15, -0.1) is 0 Å². The first kappa shape index (κ1) is 14.2. The number of anilines is 2. The third-order valence-corrected chi connectivity index (χ3v) is 3.24. The molecule has 0 radical (unpaired) electrons. The molecule has 0 fully saturated rings. The zero-order valence-corrected chi connectivity index (χ0v) is 11.8. The molecule has 0 spiro atoms. The summed E-state index contributed by atoms with van der Waals surface area (Å²) in [5, 5.41) is 0. The Hall–Kier alpha value is -2.23. The largest absolute Gasteiger partial charge is 0.495 e. The number of halogens is 1. The Kier molecular flexibility index (Phi) is 4.45. The van der Waals surface area contributed by atoms with E-state index in [1.165, 1.54) is 12.1 Å². The van der Waals surface area contributed by atoms with Crippen molar-refractivity contribution in [2.24, 2.45) is 0 Å². The monoisotopic (exact) mass is 274 g/mol. The molecule has 0 saturated carbocycles. The molecule has 0 aliphatic heterocycles. The lowest BCUT2D eigenvalue weighted by molar-refractivity contribution is 0.417. The normalized spacial score (nSPS) is 10.3. The molecule has 0 bridgehead atoms. The molecular formula is C16H19FN2O. The first-order chi connectivity index (χ1) is 9.63. The highest BCUT2D eigenvalue weighted by Gasteiger charge is 2.07. The quantitative estimate of drug-likeness (QED) is 0.849. The van der Waals surface area contributed by atoms with Crippen molar-refractivity contribution in [3.05, 3.63) is 53.8 Å². The fraction of sp³-hybridized carbons (Fsp3) is 0.250. The van der Waals surface area contributed by atoms with Gasteiger partial charge in [-0.05, 0) is 48.9 Å². The summed E-state index contributed by atoms with van der Waals surface area (Å²) < 4.78 is 18.1. The Morgan fingerprint density at radius 1 is 1.15 bits per heavy atom. The van der Waals surface area contributed by atoms with Crippen molar-refractivity contribution in [2.75, 3.05) is 24.3 Å². The second-order valence-electron chi connectivity index (χ2n) is 4.57. The van der Waals surface area contributed by atoms with Gasteiger partial charge in [0.1, 0.15) is 11.6 Å². The summed E-state index contributed by atoms with van der Waals surface area (Å²) in [5.74, 6) is 0.456. The van der Waals surface area contributed by atoms with Crippen LogP contribution < -0.4 is 15.4 Å². The molecule has 2 aromatic rings. The lowest BCUT2D eigenvalue weighted by Gasteiger charge is -2.23. The van der Waals surface area contributed by atoms with Gasteiger partial charge in [0, 0.05) is 18.8 Å². The number of ether oxygens (including phenoxy) is 1. The molecule has 0 unspecified atom stereocenters. The van der Waals surface area contributed by atoms with Gasteiger partial charge in [-0.1, -0.05) is 6.07 Å². The van der Waals surface area contributed by atoms with Gasteiger partial charge >= 0.3 is 0 Å². The van der Waals surface area contributed by atoms with Crippen LogP contribution in [-0.4, -0.2) is 13.7 Å². The molecule has 0 aliphatic carbocycles. The average molecular weight is 274 g/mol. The SMILES string of the molecule is CCN(Cc1ccc(OC)c(N)c1)c1ccc(F)cc1. The zero-order valence-electron chi connectivity index (χ0n) is 11.8. The topological polar surface area (TPSA) is 38.5 Å². The summed E-state index contributed by atoms with van der Waals surface area (Å²) in [6, 6.07) is 12.3. The second-order valence-corrected chi connectivity index (χ2v) is 4.57. The lowest BCUT2D eigenvalue weighted by Crippen LogP contribution is -2.22. The molecule has 106 valence electrons. The van der Waals surface area contributed by atoms with E-state index in [-0.39, 0.29) is 5.82 Å². The number of benzene rings is 2. The van der Waals surface area contributed by atoms with E-state index in [0.29, 0.717) is 11.4 Å². The van der Waals surface area contributed by atoms with E-state index in [2.05, 4.69) is 11.8 Å². The van der Waals surface area contributed by atoms with Crippen LogP contribution in [0, 0.1) is 5.82 Å². The van der Waals surface area contributed by atoms with E-state index in [1.54, 1.807) is 19.2 Å². The maximum absolute atomic E-state index is 13.0. The van der Waals surface area contributed by atoms with Crippen LogP contribution in [0.1, 0.15) is 12.5 Å². The molecule has 2 N–H and O–H groups in total. The molecule has 2 aromatic carbocycles. The number of methoxy groups -OCH3 is 1. The number of nitrogens with two attached hydrogens (primary N) is 1. The Labute approximate surface area is 118 Å². The van der Waals surface area contributed by atoms with Crippen LogP contribution in [0.4, 0.5) is 15.8 Å². The summed E-state index contributed by atoms with van der Waals surface area (Å²) in [4.78, 5) is 2.15. The summed E-state index contributed by atoms with van der Waals surface area (Å²) in [6.07, 6.45) is 0. The van der Waals surface area contributed by atoms with Crippen molar-refractivity contribution < 1.29 is 9.13 Å². The second kappa shape index (κ2) is 6.28. The third-order valence-electron chi connectivity index (χ3n) is 3.24. The third kappa shape index (κ3) is 3.20. The van der Waals surface area contributed by atoms with E-state index in [1.807, 2.05) is 18.2 Å². The van der Waals surface area contributed by atoms with E-state index in [0.717, 1.165) is 24.3 Å². The van der Waals surface area contributed by atoms with Crippen molar-refractivity contribution in [2.45, 2.75) is 13.5 Å². The van der Waals surface area contributed by atoms with Crippen LogP contribution in [0.3, 0.4) is 0 Å². The number of rotatable bonds is 5. The Balaban J connectivity index is 2.17. The Morgan fingerprint density at radius 3 is 2.40 bits per heavy atom. The van der Waals surface area contributed by atoms with Crippen molar-refractivity contribution in [1.82, 2.24) is 0 Å². The van der Waals surface area contributed by atoms with Gasteiger partial charge in [0.2, 0.25) is 0 Å². The summed E-state index contributed by atoms with van der Waals surface area (Å²) in [5.41, 5.74) is 8.62. The average Bonchev–Trinajstić information content (AvgIpc) is 2.46. The van der Waals surface area contributed by atoms with Crippen LogP contribution >= 0.6 is 0 Å². The highest BCUT2D eigenvalue weighted by molar-refractivity contribution is 5.55. The number of nitrogen functional groups attached to an aromatic ring is 1. The minimum absolute atomic E-state index is 0.224. The van der Waals surface area contributed by atoms with E-state index in [9.17, 15) is 4.39 Å². The van der Waals surface area contributed by atoms with Crippen LogP contribution in [0.25, 0.3) is 0 Å². The van der Waals surface area contributed by atoms with Crippen LogP contribution in [0.2, 0.25) is 0 Å². The zero-order chi connectivity index (χ0) is 14.5. The van der Waals surface area contributed by atoms with Crippen molar-refractivity contribution >= 4 is 11.4 Å². The van der Waals surface area contributed by atoms with Crippen LogP contribution in [-0.2, 0) is 6.54 Å². The van der Waals surface area contributed by atoms with Gasteiger partial charge in [-0.2, -0.15) is 0 Å². The van der Waals surface area contributed by atoms with Crippen LogP contribution in [0.5, 0.6) is 5.75 Å². The van der Waals surface area contributed by atoms with E-state index in [4.69, 9.17) is 10.5 Å².